The van der Waals surface area contributed by atoms with Crippen LogP contribution in [-0.2, 0) is 22.7 Å². The molecule has 0 aromatic carbocycles. The van der Waals surface area contributed by atoms with E-state index in [0.29, 0.717) is 5.92 Å². The van der Waals surface area contributed by atoms with E-state index < -0.39 is 0 Å². The number of hydrogen-bond acceptors (Lipinski definition) is 3. The van der Waals surface area contributed by atoms with Crippen molar-refractivity contribution in [2.24, 2.45) is 0 Å². The van der Waals surface area contributed by atoms with Gasteiger partial charge in [0, 0.05) is 27.6 Å². The van der Waals surface area contributed by atoms with Crippen LogP contribution in [0.1, 0.15) is 101 Å². The lowest BCUT2D eigenvalue weighted by atomic mass is 9.78. The molecule has 0 N–H and O–H groups in total. The molecular formula is C23H34N2S. The van der Waals surface area contributed by atoms with E-state index in [2.05, 4.69) is 73.7 Å². The fraction of sp³-hybridized carbons (Fsp3) is 0.652. The van der Waals surface area contributed by atoms with Crippen LogP contribution in [0.2, 0.25) is 0 Å². The molecule has 3 heteroatoms. The minimum absolute atomic E-state index is 0.0780. The Morgan fingerprint density at radius 3 is 2.23 bits per heavy atom. The highest BCUT2D eigenvalue weighted by Crippen LogP contribution is 2.46. The number of aromatic nitrogens is 2. The lowest BCUT2D eigenvalue weighted by Gasteiger charge is -2.28. The Hall–Kier alpha value is -1.22. The van der Waals surface area contributed by atoms with Crippen molar-refractivity contribution in [3.05, 3.63) is 45.2 Å². The van der Waals surface area contributed by atoms with Crippen molar-refractivity contribution >= 4 is 11.3 Å². The summed E-state index contributed by atoms with van der Waals surface area (Å²) < 4.78 is 0. The van der Waals surface area contributed by atoms with Crippen LogP contribution in [0.15, 0.2) is 18.3 Å². The van der Waals surface area contributed by atoms with Gasteiger partial charge in [-0.1, -0.05) is 61.5 Å². The number of hydrogen-bond donors (Lipinski definition) is 0. The number of fused-ring (bicyclic) bond motifs is 1. The molecule has 0 bridgehead atoms. The van der Waals surface area contributed by atoms with Crippen LogP contribution in [0, 0.1) is 0 Å². The van der Waals surface area contributed by atoms with Crippen LogP contribution >= 0.6 is 11.3 Å². The van der Waals surface area contributed by atoms with Gasteiger partial charge in [-0.15, -0.1) is 11.3 Å². The average molecular weight is 371 g/mol. The first kappa shape index (κ1) is 19.5. The average Bonchev–Trinajstić information content (AvgIpc) is 3.08. The molecule has 1 aliphatic rings. The van der Waals surface area contributed by atoms with Gasteiger partial charge in [0.25, 0.3) is 0 Å². The van der Waals surface area contributed by atoms with Gasteiger partial charge >= 0.3 is 0 Å². The zero-order chi connectivity index (χ0) is 19.3. The fourth-order valence-corrected chi connectivity index (χ4v) is 5.08. The molecule has 0 amide bonds. The van der Waals surface area contributed by atoms with E-state index in [1.807, 2.05) is 11.3 Å². The Balaban J connectivity index is 1.80. The highest BCUT2D eigenvalue weighted by atomic mass is 32.1. The normalized spacial score (nSPS) is 18.2. The minimum Gasteiger partial charge on any atom is -0.260 e. The molecule has 2 nitrogen and oxygen atoms in total. The van der Waals surface area contributed by atoms with Crippen molar-refractivity contribution in [1.29, 1.82) is 0 Å². The smallest absolute Gasteiger partial charge is 0.0984 e. The SMILES string of the molecule is CC(C)(C)c1ccc(C(C)(C)CC2CCc3nc(C(C)(C)C)sc32)nc1. The van der Waals surface area contributed by atoms with Gasteiger partial charge in [-0.3, -0.25) is 4.98 Å². The first-order valence-corrected chi connectivity index (χ1v) is 10.7. The van der Waals surface area contributed by atoms with Crippen LogP contribution in [0.25, 0.3) is 0 Å². The van der Waals surface area contributed by atoms with Crippen molar-refractivity contribution in [1.82, 2.24) is 9.97 Å². The second kappa shape index (κ2) is 6.44. The van der Waals surface area contributed by atoms with Crippen LogP contribution < -0.4 is 0 Å². The van der Waals surface area contributed by atoms with Gasteiger partial charge < -0.3 is 0 Å². The molecule has 0 spiro atoms. The molecule has 2 aromatic heterocycles. The molecule has 1 aliphatic carbocycles. The van der Waals surface area contributed by atoms with Gasteiger partial charge in [0.15, 0.2) is 0 Å². The summed E-state index contributed by atoms with van der Waals surface area (Å²) in [6, 6.07) is 4.50. The molecule has 26 heavy (non-hydrogen) atoms. The van der Waals surface area contributed by atoms with Crippen LogP contribution in [0.3, 0.4) is 0 Å². The van der Waals surface area contributed by atoms with Gasteiger partial charge in [-0.2, -0.15) is 0 Å². The summed E-state index contributed by atoms with van der Waals surface area (Å²) in [4.78, 5) is 11.3. The van der Waals surface area contributed by atoms with Gasteiger partial charge in [-0.05, 0) is 42.2 Å². The first-order chi connectivity index (χ1) is 11.9. The van der Waals surface area contributed by atoms with Crippen molar-refractivity contribution in [2.75, 3.05) is 0 Å². The predicted octanol–water partition coefficient (Wildman–Crippen LogP) is 6.53. The molecular weight excluding hydrogens is 336 g/mol. The molecule has 1 atom stereocenters. The number of nitrogens with zero attached hydrogens (tertiary/aromatic N) is 2. The Bertz CT molecular complexity index is 770. The molecule has 142 valence electrons. The molecule has 0 fully saturated rings. The van der Waals surface area contributed by atoms with Crippen LogP contribution in [0.4, 0.5) is 0 Å². The highest BCUT2D eigenvalue weighted by Gasteiger charge is 2.35. The van der Waals surface area contributed by atoms with E-state index in [4.69, 9.17) is 9.97 Å². The second-order valence-electron chi connectivity index (χ2n) is 10.6. The van der Waals surface area contributed by atoms with E-state index in [9.17, 15) is 0 Å². The summed E-state index contributed by atoms with van der Waals surface area (Å²) in [5, 5.41) is 1.29. The Labute approximate surface area is 163 Å². The van der Waals surface area contributed by atoms with Crippen molar-refractivity contribution in [3.63, 3.8) is 0 Å². The molecule has 0 aliphatic heterocycles. The van der Waals surface area contributed by atoms with E-state index in [-0.39, 0.29) is 16.2 Å². The maximum Gasteiger partial charge on any atom is 0.0984 e. The maximum atomic E-state index is 4.96. The predicted molar refractivity (Wildman–Crippen MR) is 112 cm³/mol. The quantitative estimate of drug-likeness (QED) is 0.613. The third-order valence-electron chi connectivity index (χ3n) is 5.55. The largest absolute Gasteiger partial charge is 0.260 e. The topological polar surface area (TPSA) is 25.8 Å². The van der Waals surface area contributed by atoms with Crippen molar-refractivity contribution in [2.45, 2.75) is 96.8 Å². The summed E-state index contributed by atoms with van der Waals surface area (Å²) in [6.07, 6.45) is 5.59. The third kappa shape index (κ3) is 3.88. The first-order valence-electron chi connectivity index (χ1n) is 9.85. The van der Waals surface area contributed by atoms with E-state index in [1.165, 1.54) is 33.3 Å². The van der Waals surface area contributed by atoms with Gasteiger partial charge in [-0.25, -0.2) is 4.98 Å². The Morgan fingerprint density at radius 2 is 1.69 bits per heavy atom. The summed E-state index contributed by atoms with van der Waals surface area (Å²) in [7, 11) is 0. The second-order valence-corrected chi connectivity index (χ2v) is 11.6. The van der Waals surface area contributed by atoms with Gasteiger partial charge in [0.05, 0.1) is 10.7 Å². The fourth-order valence-electron chi connectivity index (χ4n) is 3.78. The number of thiazole rings is 1. The van der Waals surface area contributed by atoms with Crippen LogP contribution in [0.5, 0.6) is 0 Å². The van der Waals surface area contributed by atoms with E-state index in [0.717, 1.165) is 12.8 Å². The lowest BCUT2D eigenvalue weighted by molar-refractivity contribution is 0.413. The Morgan fingerprint density at radius 1 is 1.00 bits per heavy atom. The highest BCUT2D eigenvalue weighted by molar-refractivity contribution is 7.12. The zero-order valence-corrected chi connectivity index (χ0v) is 18.5. The monoisotopic (exact) mass is 370 g/mol. The molecule has 0 saturated carbocycles. The molecule has 2 aromatic rings. The van der Waals surface area contributed by atoms with Gasteiger partial charge in [0.1, 0.15) is 0 Å². The minimum atomic E-state index is 0.0780. The summed E-state index contributed by atoms with van der Waals surface area (Å²) in [5.41, 5.74) is 4.25. The van der Waals surface area contributed by atoms with Crippen molar-refractivity contribution in [3.8, 4) is 0 Å². The van der Waals surface area contributed by atoms with Crippen LogP contribution in [-0.4, -0.2) is 9.97 Å². The lowest BCUT2D eigenvalue weighted by Crippen LogP contribution is -2.22. The number of pyridine rings is 1. The van der Waals surface area contributed by atoms with E-state index >= 15 is 0 Å². The molecule has 0 radical (unpaired) electrons. The standard InChI is InChI=1S/C23H34N2S/c1-21(2,3)16-10-12-18(24-14-16)23(7,8)13-15-9-11-17-19(15)26-20(25-17)22(4,5)6/h10,12,14-15H,9,11,13H2,1-8H3. The summed E-state index contributed by atoms with van der Waals surface area (Å²) >= 11 is 1.95. The van der Waals surface area contributed by atoms with Gasteiger partial charge in [0.2, 0.25) is 0 Å². The maximum absolute atomic E-state index is 4.96. The Kier molecular flexibility index (Phi) is 4.84. The van der Waals surface area contributed by atoms with Crippen molar-refractivity contribution < 1.29 is 0 Å². The van der Waals surface area contributed by atoms with E-state index in [1.54, 1.807) is 0 Å². The zero-order valence-electron chi connectivity index (χ0n) is 17.7. The summed E-state index contributed by atoms with van der Waals surface area (Å²) in [6.45, 7) is 18.2. The summed E-state index contributed by atoms with van der Waals surface area (Å²) in [5.74, 6) is 0.623. The number of rotatable bonds is 3. The molecule has 2 heterocycles. The number of aryl methyl sites for hydroxylation is 1. The molecule has 3 rings (SSSR count). The third-order valence-corrected chi connectivity index (χ3v) is 7.24. The molecule has 1 unspecified atom stereocenters. The molecule has 0 saturated heterocycles.